The van der Waals surface area contributed by atoms with Crippen LogP contribution >= 0.6 is 7.60 Å². The van der Waals surface area contributed by atoms with Crippen molar-refractivity contribution in [3.63, 3.8) is 0 Å². The van der Waals surface area contributed by atoms with Gasteiger partial charge in [0.1, 0.15) is 0 Å². The number of nitrogens with zero attached hydrogens (tertiary/aromatic N) is 1. The van der Waals surface area contributed by atoms with E-state index >= 15 is 0 Å². The van der Waals surface area contributed by atoms with Gasteiger partial charge in [-0.25, -0.2) is 0 Å². The summed E-state index contributed by atoms with van der Waals surface area (Å²) in [6.07, 6.45) is 3.14. The normalized spacial score (nSPS) is 11.6. The number of rotatable bonds is 5. The summed E-state index contributed by atoms with van der Waals surface area (Å²) < 4.78 is 22.5. The van der Waals surface area contributed by atoms with Gasteiger partial charge >= 0.3 is 7.60 Å². The van der Waals surface area contributed by atoms with Gasteiger partial charge in [-0.2, -0.15) is 0 Å². The largest absolute Gasteiger partial charge is 0.361 e. The average Bonchev–Trinajstić information content (AvgIpc) is 2.20. The summed E-state index contributed by atoms with van der Waals surface area (Å²) in [5.41, 5.74) is 0. The van der Waals surface area contributed by atoms with Crippen LogP contribution < -0.4 is 5.30 Å². The van der Waals surface area contributed by atoms with E-state index in [0.717, 1.165) is 0 Å². The Morgan fingerprint density at radius 3 is 2.14 bits per heavy atom. The zero-order valence-corrected chi connectivity index (χ0v) is 9.24. The van der Waals surface area contributed by atoms with Crippen LogP contribution in [0.2, 0.25) is 0 Å². The molecule has 0 radical (unpaired) electrons. The van der Waals surface area contributed by atoms with Gasteiger partial charge in [0.25, 0.3) is 0 Å². The summed E-state index contributed by atoms with van der Waals surface area (Å²) in [5.74, 6) is 0. The summed E-state index contributed by atoms with van der Waals surface area (Å²) in [6, 6.07) is 3.29. The monoisotopic (exact) mass is 215 g/mol. The van der Waals surface area contributed by atoms with Gasteiger partial charge in [0, 0.05) is 12.4 Å². The molecule has 0 unspecified atom stereocenters. The predicted octanol–water partition coefficient (Wildman–Crippen LogP) is 1.97. The van der Waals surface area contributed by atoms with Gasteiger partial charge < -0.3 is 9.05 Å². The van der Waals surface area contributed by atoms with E-state index in [2.05, 4.69) is 4.98 Å². The first kappa shape index (κ1) is 11.4. The predicted molar refractivity (Wildman–Crippen MR) is 54.7 cm³/mol. The molecule has 1 aromatic heterocycles. The first-order valence-electron chi connectivity index (χ1n) is 4.52. The molecule has 0 bridgehead atoms. The van der Waals surface area contributed by atoms with Gasteiger partial charge in [0.05, 0.1) is 18.5 Å². The third kappa shape index (κ3) is 2.64. The smallest absolute Gasteiger partial charge is 0.305 e. The highest BCUT2D eigenvalue weighted by molar-refractivity contribution is 7.62. The lowest BCUT2D eigenvalue weighted by atomic mass is 10.5. The standard InChI is InChI=1S/C9H14NO3P/c1-3-12-14(11,13-4-2)9-5-7-10-8-6-9/h5-8H,3-4H2,1-2H3. The maximum atomic E-state index is 12.1. The molecule has 0 amide bonds. The molecule has 0 aliphatic heterocycles. The second kappa shape index (κ2) is 5.25. The molecule has 4 nitrogen and oxygen atoms in total. The van der Waals surface area contributed by atoms with Crippen molar-refractivity contribution in [3.8, 4) is 0 Å². The molecule has 1 heterocycles. The molecule has 0 aromatic carbocycles. The van der Waals surface area contributed by atoms with Crippen LogP contribution in [0.1, 0.15) is 13.8 Å². The first-order valence-corrected chi connectivity index (χ1v) is 6.07. The summed E-state index contributed by atoms with van der Waals surface area (Å²) in [4.78, 5) is 3.85. The molecule has 0 aliphatic carbocycles. The van der Waals surface area contributed by atoms with Crippen molar-refractivity contribution in [2.45, 2.75) is 13.8 Å². The minimum atomic E-state index is -3.11. The van der Waals surface area contributed by atoms with Gasteiger partial charge in [-0.3, -0.25) is 9.55 Å². The van der Waals surface area contributed by atoms with Gasteiger partial charge in [-0.1, -0.05) is 0 Å². The summed E-state index contributed by atoms with van der Waals surface area (Å²) in [5, 5.41) is 0.552. The highest BCUT2D eigenvalue weighted by atomic mass is 31.2. The molecule has 0 fully saturated rings. The maximum Gasteiger partial charge on any atom is 0.361 e. The molecule has 0 aliphatic rings. The molecule has 0 spiro atoms. The Hall–Kier alpha value is -0.700. The third-order valence-electron chi connectivity index (χ3n) is 1.58. The van der Waals surface area contributed by atoms with Crippen LogP contribution in [-0.2, 0) is 13.6 Å². The van der Waals surface area contributed by atoms with Crippen LogP contribution in [0.5, 0.6) is 0 Å². The molecule has 0 saturated carbocycles. The SMILES string of the molecule is CCOP(=O)(OCC)c1ccncc1. The topological polar surface area (TPSA) is 48.4 Å². The van der Waals surface area contributed by atoms with E-state index in [1.165, 1.54) is 0 Å². The Morgan fingerprint density at radius 2 is 1.71 bits per heavy atom. The van der Waals surface area contributed by atoms with E-state index in [1.807, 2.05) is 0 Å². The molecule has 0 saturated heterocycles. The highest BCUT2D eigenvalue weighted by Crippen LogP contribution is 2.46. The minimum Gasteiger partial charge on any atom is -0.305 e. The molecule has 5 heteroatoms. The molecule has 1 aromatic rings. The van der Waals surface area contributed by atoms with Crippen LogP contribution in [0.15, 0.2) is 24.5 Å². The Kier molecular flexibility index (Phi) is 4.26. The van der Waals surface area contributed by atoms with Crippen molar-refractivity contribution in [3.05, 3.63) is 24.5 Å². The van der Waals surface area contributed by atoms with E-state index in [1.54, 1.807) is 38.4 Å². The third-order valence-corrected chi connectivity index (χ3v) is 3.70. The number of hydrogen-bond donors (Lipinski definition) is 0. The molecular formula is C9H14NO3P. The van der Waals surface area contributed by atoms with Crippen LogP contribution in [-0.4, -0.2) is 18.2 Å². The zero-order valence-electron chi connectivity index (χ0n) is 8.34. The van der Waals surface area contributed by atoms with E-state index in [-0.39, 0.29) is 0 Å². The first-order chi connectivity index (χ1) is 6.73. The fraction of sp³-hybridized carbons (Fsp3) is 0.444. The Bertz CT molecular complexity index is 305. The fourth-order valence-corrected chi connectivity index (χ4v) is 2.60. The quantitative estimate of drug-likeness (QED) is 0.704. The molecule has 0 atom stereocenters. The van der Waals surface area contributed by atoms with Gasteiger partial charge in [-0.15, -0.1) is 0 Å². The Balaban J connectivity index is 2.94. The fourth-order valence-electron chi connectivity index (χ4n) is 1.05. The lowest BCUT2D eigenvalue weighted by molar-refractivity contribution is 0.230. The molecular weight excluding hydrogens is 201 g/mol. The van der Waals surface area contributed by atoms with Crippen molar-refractivity contribution in [2.24, 2.45) is 0 Å². The van der Waals surface area contributed by atoms with Crippen molar-refractivity contribution in [1.29, 1.82) is 0 Å². The molecule has 0 N–H and O–H groups in total. The van der Waals surface area contributed by atoms with E-state index in [0.29, 0.717) is 18.5 Å². The van der Waals surface area contributed by atoms with Crippen LogP contribution in [0.25, 0.3) is 0 Å². The molecule has 78 valence electrons. The van der Waals surface area contributed by atoms with Crippen molar-refractivity contribution in [2.75, 3.05) is 13.2 Å². The van der Waals surface area contributed by atoms with Gasteiger partial charge in [-0.05, 0) is 26.0 Å². The number of pyridine rings is 1. The zero-order chi connectivity index (χ0) is 10.4. The average molecular weight is 215 g/mol. The minimum absolute atomic E-state index is 0.361. The van der Waals surface area contributed by atoms with Gasteiger partial charge in [0.2, 0.25) is 0 Å². The Labute approximate surface area is 83.8 Å². The Morgan fingerprint density at radius 1 is 1.21 bits per heavy atom. The summed E-state index contributed by atoms with van der Waals surface area (Å²) in [7, 11) is -3.11. The summed E-state index contributed by atoms with van der Waals surface area (Å²) in [6.45, 7) is 4.29. The van der Waals surface area contributed by atoms with Crippen LogP contribution in [0.4, 0.5) is 0 Å². The van der Waals surface area contributed by atoms with Gasteiger partial charge in [0.15, 0.2) is 0 Å². The number of hydrogen-bond acceptors (Lipinski definition) is 4. The highest BCUT2D eigenvalue weighted by Gasteiger charge is 2.25. The second-order valence-corrected chi connectivity index (χ2v) is 4.57. The van der Waals surface area contributed by atoms with E-state index in [4.69, 9.17) is 9.05 Å². The maximum absolute atomic E-state index is 12.1. The van der Waals surface area contributed by atoms with Crippen molar-refractivity contribution >= 4 is 12.9 Å². The lowest BCUT2D eigenvalue weighted by Gasteiger charge is -2.16. The molecule has 14 heavy (non-hydrogen) atoms. The number of aromatic nitrogens is 1. The van der Waals surface area contributed by atoms with Crippen LogP contribution in [0.3, 0.4) is 0 Å². The van der Waals surface area contributed by atoms with E-state index < -0.39 is 7.60 Å². The van der Waals surface area contributed by atoms with Crippen molar-refractivity contribution in [1.82, 2.24) is 4.98 Å². The second-order valence-electron chi connectivity index (χ2n) is 2.54. The van der Waals surface area contributed by atoms with Crippen molar-refractivity contribution < 1.29 is 13.6 Å². The summed E-state index contributed by atoms with van der Waals surface area (Å²) >= 11 is 0. The van der Waals surface area contributed by atoms with Crippen LogP contribution in [0, 0.1) is 0 Å². The van der Waals surface area contributed by atoms with E-state index in [9.17, 15) is 4.57 Å². The lowest BCUT2D eigenvalue weighted by Crippen LogP contribution is -2.10. The molecule has 1 rings (SSSR count).